The smallest absolute Gasteiger partial charge is 0.223 e. The molecule has 4 rings (SSSR count). The van der Waals surface area contributed by atoms with E-state index in [1.54, 1.807) is 0 Å². The molecule has 0 aliphatic carbocycles. The van der Waals surface area contributed by atoms with E-state index in [2.05, 4.69) is 45.4 Å². The SMILES string of the molecule is CN(C)C[C@H]1[C@H]2C[C@H](CN(Cc3nccn3C)C2)[C@@H]2CCCC(=O)N21. The molecular weight excluding hydrogens is 314 g/mol. The fraction of sp³-hybridized carbons (Fsp3) is 0.789. The minimum Gasteiger partial charge on any atom is -0.337 e. The van der Waals surface area contributed by atoms with E-state index in [0.29, 0.717) is 29.8 Å². The number of hydrogen-bond donors (Lipinski definition) is 0. The maximum Gasteiger partial charge on any atom is 0.223 e. The van der Waals surface area contributed by atoms with Crippen molar-refractivity contribution in [3.63, 3.8) is 0 Å². The zero-order chi connectivity index (χ0) is 17.6. The summed E-state index contributed by atoms with van der Waals surface area (Å²) in [6, 6.07) is 0.819. The Morgan fingerprint density at radius 1 is 1.28 bits per heavy atom. The lowest BCUT2D eigenvalue weighted by molar-refractivity contribution is -0.153. The third-order valence-corrected chi connectivity index (χ3v) is 6.41. The highest BCUT2D eigenvalue weighted by molar-refractivity contribution is 5.78. The number of hydrogen-bond acceptors (Lipinski definition) is 4. The maximum absolute atomic E-state index is 12.7. The minimum absolute atomic E-state index is 0.369. The van der Waals surface area contributed by atoms with Crippen molar-refractivity contribution >= 4 is 5.91 Å². The topological polar surface area (TPSA) is 44.6 Å². The molecule has 0 radical (unpaired) electrons. The van der Waals surface area contributed by atoms with E-state index in [-0.39, 0.29) is 0 Å². The second-order valence-corrected chi connectivity index (χ2v) is 8.49. The number of carbonyl (C=O) groups is 1. The summed E-state index contributed by atoms with van der Waals surface area (Å²) in [5, 5.41) is 0. The Morgan fingerprint density at radius 2 is 2.08 bits per heavy atom. The molecule has 0 N–H and O–H groups in total. The van der Waals surface area contributed by atoms with Crippen LogP contribution in [0.5, 0.6) is 0 Å². The maximum atomic E-state index is 12.7. The number of likely N-dealkylation sites (N-methyl/N-ethyl adjacent to an activating group) is 1. The summed E-state index contributed by atoms with van der Waals surface area (Å²) >= 11 is 0. The summed E-state index contributed by atoms with van der Waals surface area (Å²) in [5.41, 5.74) is 0. The van der Waals surface area contributed by atoms with E-state index in [1.165, 1.54) is 12.8 Å². The van der Waals surface area contributed by atoms with Crippen molar-refractivity contribution < 1.29 is 4.79 Å². The summed E-state index contributed by atoms with van der Waals surface area (Å²) < 4.78 is 2.12. The zero-order valence-corrected chi connectivity index (χ0v) is 15.8. The first-order valence-corrected chi connectivity index (χ1v) is 9.67. The molecule has 25 heavy (non-hydrogen) atoms. The second-order valence-electron chi connectivity index (χ2n) is 8.49. The number of amides is 1. The van der Waals surface area contributed by atoms with E-state index in [0.717, 1.165) is 44.8 Å². The molecule has 4 atom stereocenters. The summed E-state index contributed by atoms with van der Waals surface area (Å²) in [6.45, 7) is 4.09. The highest BCUT2D eigenvalue weighted by Crippen LogP contribution is 2.41. The first-order valence-electron chi connectivity index (χ1n) is 9.67. The zero-order valence-electron chi connectivity index (χ0n) is 15.8. The molecule has 1 aromatic heterocycles. The van der Waals surface area contributed by atoms with Crippen LogP contribution in [-0.2, 0) is 18.4 Å². The number of likely N-dealkylation sites (tertiary alicyclic amines) is 1. The van der Waals surface area contributed by atoms with Gasteiger partial charge in [0.05, 0.1) is 6.54 Å². The van der Waals surface area contributed by atoms with E-state index < -0.39 is 0 Å². The van der Waals surface area contributed by atoms with Crippen molar-refractivity contribution in [2.24, 2.45) is 18.9 Å². The Kier molecular flexibility index (Phi) is 4.58. The Bertz CT molecular complexity index is 627. The molecule has 1 amide bonds. The normalized spacial score (nSPS) is 33.0. The molecule has 138 valence electrons. The molecule has 1 aromatic rings. The molecule has 3 saturated heterocycles. The molecule has 3 fully saturated rings. The van der Waals surface area contributed by atoms with Crippen LogP contribution in [0.1, 0.15) is 31.5 Å². The number of rotatable bonds is 4. The molecule has 2 bridgehead atoms. The standard InChI is InChI=1S/C19H31N5O/c1-21(2)12-17-15-9-14(16-5-4-6-19(25)24(16)17)10-23(11-15)13-18-20-7-8-22(18)3/h7-8,14-17H,4-6,9-13H2,1-3H3/t14-,15+,16+,17+/m1/s1. The van der Waals surface area contributed by atoms with Gasteiger partial charge in [0.15, 0.2) is 0 Å². The van der Waals surface area contributed by atoms with Crippen LogP contribution in [0, 0.1) is 11.8 Å². The quantitative estimate of drug-likeness (QED) is 0.822. The van der Waals surface area contributed by atoms with Crippen LogP contribution in [0.2, 0.25) is 0 Å². The Hall–Kier alpha value is -1.40. The molecule has 6 nitrogen and oxygen atoms in total. The van der Waals surface area contributed by atoms with Gasteiger partial charge in [-0.05, 0) is 45.2 Å². The van der Waals surface area contributed by atoms with Gasteiger partial charge in [0.2, 0.25) is 5.91 Å². The molecular formula is C19H31N5O. The van der Waals surface area contributed by atoms with E-state index >= 15 is 0 Å². The molecule has 3 aliphatic heterocycles. The number of aromatic nitrogens is 2. The van der Waals surface area contributed by atoms with Gasteiger partial charge in [0.1, 0.15) is 5.82 Å². The van der Waals surface area contributed by atoms with Gasteiger partial charge in [0.25, 0.3) is 0 Å². The summed E-state index contributed by atoms with van der Waals surface area (Å²) in [5.74, 6) is 2.75. The lowest BCUT2D eigenvalue weighted by Crippen LogP contribution is -2.66. The van der Waals surface area contributed by atoms with Gasteiger partial charge >= 0.3 is 0 Å². The largest absolute Gasteiger partial charge is 0.337 e. The first-order chi connectivity index (χ1) is 12.0. The Labute approximate surface area is 150 Å². The van der Waals surface area contributed by atoms with Crippen molar-refractivity contribution in [2.75, 3.05) is 33.7 Å². The van der Waals surface area contributed by atoms with Gasteiger partial charge < -0.3 is 14.4 Å². The van der Waals surface area contributed by atoms with Crippen molar-refractivity contribution in [3.8, 4) is 0 Å². The first kappa shape index (κ1) is 17.0. The van der Waals surface area contributed by atoms with E-state index in [9.17, 15) is 4.79 Å². The van der Waals surface area contributed by atoms with Gasteiger partial charge in [-0.2, -0.15) is 0 Å². The molecule has 0 aromatic carbocycles. The van der Waals surface area contributed by atoms with E-state index in [1.807, 2.05) is 12.4 Å². The molecule has 0 saturated carbocycles. The summed E-state index contributed by atoms with van der Waals surface area (Å²) in [6.07, 6.45) is 8.19. The highest BCUT2D eigenvalue weighted by atomic mass is 16.2. The predicted molar refractivity (Wildman–Crippen MR) is 96.9 cm³/mol. The van der Waals surface area contributed by atoms with E-state index in [4.69, 9.17) is 0 Å². The van der Waals surface area contributed by atoms with Crippen molar-refractivity contribution in [1.82, 2.24) is 24.3 Å². The minimum atomic E-state index is 0.369. The number of nitrogens with zero attached hydrogens (tertiary/aromatic N) is 5. The van der Waals surface area contributed by atoms with Crippen LogP contribution in [0.3, 0.4) is 0 Å². The fourth-order valence-electron chi connectivity index (χ4n) is 5.36. The second kappa shape index (κ2) is 6.72. The van der Waals surface area contributed by atoms with Crippen LogP contribution in [0.4, 0.5) is 0 Å². The van der Waals surface area contributed by atoms with Crippen molar-refractivity contribution in [3.05, 3.63) is 18.2 Å². The fourth-order valence-corrected chi connectivity index (χ4v) is 5.36. The number of imidazole rings is 1. The predicted octanol–water partition coefficient (Wildman–Crippen LogP) is 1.18. The lowest BCUT2D eigenvalue weighted by Gasteiger charge is -2.57. The molecule has 0 unspecified atom stereocenters. The number of piperidine rings is 3. The van der Waals surface area contributed by atoms with Crippen molar-refractivity contribution in [2.45, 2.75) is 44.3 Å². The summed E-state index contributed by atoms with van der Waals surface area (Å²) in [7, 11) is 6.33. The molecule has 3 aliphatic rings. The average Bonchev–Trinajstić information content (AvgIpc) is 2.96. The lowest BCUT2D eigenvalue weighted by atomic mass is 9.72. The average molecular weight is 345 g/mol. The van der Waals surface area contributed by atoms with Crippen LogP contribution < -0.4 is 0 Å². The monoisotopic (exact) mass is 345 g/mol. The number of aryl methyl sites for hydroxylation is 1. The third kappa shape index (κ3) is 3.22. The molecule has 0 spiro atoms. The van der Waals surface area contributed by atoms with Gasteiger partial charge in [-0.15, -0.1) is 0 Å². The molecule has 6 heteroatoms. The summed E-state index contributed by atoms with van der Waals surface area (Å²) in [4.78, 5) is 24.4. The van der Waals surface area contributed by atoms with Crippen LogP contribution in [0.15, 0.2) is 12.4 Å². The van der Waals surface area contributed by atoms with Crippen LogP contribution in [-0.4, -0.2) is 76.0 Å². The third-order valence-electron chi connectivity index (χ3n) is 6.41. The Balaban J connectivity index is 1.56. The molecule has 4 heterocycles. The van der Waals surface area contributed by atoms with Crippen molar-refractivity contribution in [1.29, 1.82) is 0 Å². The van der Waals surface area contributed by atoms with Gasteiger partial charge in [-0.25, -0.2) is 4.98 Å². The van der Waals surface area contributed by atoms with Gasteiger partial charge in [0, 0.05) is 57.6 Å². The Morgan fingerprint density at radius 3 is 2.80 bits per heavy atom. The van der Waals surface area contributed by atoms with Gasteiger partial charge in [-0.1, -0.05) is 0 Å². The number of fused-ring (bicyclic) bond motifs is 4. The van der Waals surface area contributed by atoms with Crippen LogP contribution >= 0.6 is 0 Å². The highest BCUT2D eigenvalue weighted by Gasteiger charge is 2.49. The number of carbonyl (C=O) groups excluding carboxylic acids is 1. The van der Waals surface area contributed by atoms with Crippen LogP contribution in [0.25, 0.3) is 0 Å². The van der Waals surface area contributed by atoms with Gasteiger partial charge in [-0.3, -0.25) is 9.69 Å².